The van der Waals surface area contributed by atoms with Gasteiger partial charge in [-0.15, -0.1) is 12.4 Å². The number of hydrogen-bond acceptors (Lipinski definition) is 3. The van der Waals surface area contributed by atoms with Crippen LogP contribution < -0.4 is 15.8 Å². The normalized spacial score (nSPS) is 10.7. The van der Waals surface area contributed by atoms with E-state index < -0.39 is 0 Å². The molecule has 0 bridgehead atoms. The van der Waals surface area contributed by atoms with E-state index in [0.717, 1.165) is 12.8 Å². The molecule has 0 saturated heterocycles. The summed E-state index contributed by atoms with van der Waals surface area (Å²) in [6.45, 7) is 4.84. The van der Waals surface area contributed by atoms with E-state index in [-0.39, 0.29) is 30.3 Å². The Morgan fingerprint density at radius 2 is 1.95 bits per heavy atom. The second-order valence-electron chi connectivity index (χ2n) is 4.88. The van der Waals surface area contributed by atoms with Gasteiger partial charge >= 0.3 is 0 Å². The lowest BCUT2D eigenvalue weighted by Crippen LogP contribution is -2.49. The monoisotopic (exact) mass is 334 g/mol. The van der Waals surface area contributed by atoms with Gasteiger partial charge in [-0.2, -0.15) is 0 Å². The van der Waals surface area contributed by atoms with Crippen LogP contribution >= 0.6 is 24.0 Å². The van der Waals surface area contributed by atoms with Gasteiger partial charge in [0.05, 0.1) is 18.1 Å². The van der Waals surface area contributed by atoms with Gasteiger partial charge in [-0.1, -0.05) is 37.6 Å². The number of benzene rings is 1. The summed E-state index contributed by atoms with van der Waals surface area (Å²) in [6, 6.07) is 7.20. The van der Waals surface area contributed by atoms with E-state index in [0.29, 0.717) is 23.9 Å². The number of amides is 1. The molecule has 0 radical (unpaired) electrons. The van der Waals surface area contributed by atoms with E-state index >= 15 is 0 Å². The Morgan fingerprint density at radius 1 is 1.33 bits per heavy atom. The molecule has 1 rings (SSSR count). The average Bonchev–Trinajstić information content (AvgIpc) is 2.47. The maximum absolute atomic E-state index is 11.7. The highest BCUT2D eigenvalue weighted by atomic mass is 35.5. The van der Waals surface area contributed by atoms with E-state index in [1.54, 1.807) is 12.1 Å². The molecule has 3 N–H and O–H groups in total. The summed E-state index contributed by atoms with van der Waals surface area (Å²) in [5.74, 6) is 0.533. The molecule has 0 heterocycles. The third kappa shape index (κ3) is 7.02. The second-order valence-corrected chi connectivity index (χ2v) is 5.28. The Labute approximate surface area is 137 Å². The van der Waals surface area contributed by atoms with Crippen LogP contribution in [0.4, 0.5) is 0 Å². The third-order valence-corrected chi connectivity index (χ3v) is 3.78. The van der Waals surface area contributed by atoms with Crippen molar-refractivity contribution in [2.24, 2.45) is 5.73 Å². The zero-order chi connectivity index (χ0) is 15.0. The van der Waals surface area contributed by atoms with Crippen molar-refractivity contribution in [2.45, 2.75) is 38.6 Å². The number of nitrogens with one attached hydrogen (secondary N) is 1. The highest BCUT2D eigenvalue weighted by Crippen LogP contribution is 2.23. The van der Waals surface area contributed by atoms with Crippen LogP contribution in [0.1, 0.15) is 33.1 Å². The standard InChI is InChI=1S/C15H23ClN2O2.ClH/c1-3-15(17,4-2)11-18-14(19)9-10-20-13-8-6-5-7-12(13)16;/h5-8H,3-4,9-11,17H2,1-2H3,(H,18,19);1H. The zero-order valence-electron chi connectivity index (χ0n) is 12.5. The molecule has 1 aromatic rings. The van der Waals surface area contributed by atoms with Crippen molar-refractivity contribution in [3.8, 4) is 5.75 Å². The van der Waals surface area contributed by atoms with E-state index in [2.05, 4.69) is 5.32 Å². The van der Waals surface area contributed by atoms with E-state index in [1.807, 2.05) is 26.0 Å². The minimum Gasteiger partial charge on any atom is -0.491 e. The number of carbonyl (C=O) groups excluding carboxylic acids is 1. The molecule has 0 aliphatic carbocycles. The summed E-state index contributed by atoms with van der Waals surface area (Å²) < 4.78 is 5.47. The molecule has 1 amide bonds. The van der Waals surface area contributed by atoms with Crippen molar-refractivity contribution >= 4 is 29.9 Å². The third-order valence-electron chi connectivity index (χ3n) is 3.47. The van der Waals surface area contributed by atoms with Crippen molar-refractivity contribution in [2.75, 3.05) is 13.2 Å². The summed E-state index contributed by atoms with van der Waals surface area (Å²) in [5, 5.41) is 3.40. The molecule has 0 aliphatic rings. The maximum atomic E-state index is 11.7. The Kier molecular flexibility index (Phi) is 9.42. The number of hydrogen-bond donors (Lipinski definition) is 2. The van der Waals surface area contributed by atoms with Crippen molar-refractivity contribution in [1.29, 1.82) is 0 Å². The van der Waals surface area contributed by atoms with Crippen molar-refractivity contribution in [3.63, 3.8) is 0 Å². The van der Waals surface area contributed by atoms with Gasteiger partial charge in [0, 0.05) is 12.1 Å². The molecule has 0 unspecified atom stereocenters. The average molecular weight is 335 g/mol. The SMILES string of the molecule is CCC(N)(CC)CNC(=O)CCOc1ccccc1Cl.Cl. The fourth-order valence-corrected chi connectivity index (χ4v) is 1.87. The molecule has 0 aromatic heterocycles. The molecule has 0 spiro atoms. The molecule has 0 aliphatic heterocycles. The van der Waals surface area contributed by atoms with Gasteiger partial charge < -0.3 is 15.8 Å². The van der Waals surface area contributed by atoms with E-state index in [1.165, 1.54) is 0 Å². The number of para-hydroxylation sites is 1. The fraction of sp³-hybridized carbons (Fsp3) is 0.533. The Balaban J connectivity index is 0.00000400. The number of carbonyl (C=O) groups is 1. The topological polar surface area (TPSA) is 64.3 Å². The first-order chi connectivity index (χ1) is 9.50. The minimum atomic E-state index is -0.320. The van der Waals surface area contributed by atoms with Gasteiger partial charge in [0.1, 0.15) is 5.75 Å². The number of ether oxygens (including phenoxy) is 1. The maximum Gasteiger partial charge on any atom is 0.223 e. The number of nitrogens with two attached hydrogens (primary N) is 1. The smallest absolute Gasteiger partial charge is 0.223 e. The molecule has 0 atom stereocenters. The lowest BCUT2D eigenvalue weighted by molar-refractivity contribution is -0.121. The molecule has 120 valence electrons. The van der Waals surface area contributed by atoms with Crippen LogP contribution in [0.5, 0.6) is 5.75 Å². The summed E-state index contributed by atoms with van der Waals surface area (Å²) in [4.78, 5) is 11.7. The highest BCUT2D eigenvalue weighted by molar-refractivity contribution is 6.32. The quantitative estimate of drug-likeness (QED) is 0.767. The van der Waals surface area contributed by atoms with Gasteiger partial charge in [0.15, 0.2) is 0 Å². The van der Waals surface area contributed by atoms with Gasteiger partial charge in [0.2, 0.25) is 5.91 Å². The molecule has 1 aromatic carbocycles. The van der Waals surface area contributed by atoms with E-state index in [9.17, 15) is 4.79 Å². The summed E-state index contributed by atoms with van der Waals surface area (Å²) in [7, 11) is 0. The van der Waals surface area contributed by atoms with Gasteiger partial charge in [-0.25, -0.2) is 0 Å². The van der Waals surface area contributed by atoms with Crippen LogP contribution in [0.15, 0.2) is 24.3 Å². The first-order valence-corrected chi connectivity index (χ1v) is 7.31. The number of halogens is 2. The summed E-state index contributed by atoms with van der Waals surface area (Å²) in [5.41, 5.74) is 5.80. The van der Waals surface area contributed by atoms with Crippen molar-refractivity contribution in [3.05, 3.63) is 29.3 Å². The van der Waals surface area contributed by atoms with Crippen LogP contribution in [-0.2, 0) is 4.79 Å². The first-order valence-electron chi connectivity index (χ1n) is 6.93. The van der Waals surface area contributed by atoms with Crippen molar-refractivity contribution in [1.82, 2.24) is 5.32 Å². The second kappa shape index (κ2) is 9.87. The van der Waals surface area contributed by atoms with Crippen LogP contribution in [0.2, 0.25) is 5.02 Å². The molecule has 4 nitrogen and oxygen atoms in total. The molecular weight excluding hydrogens is 311 g/mol. The highest BCUT2D eigenvalue weighted by Gasteiger charge is 2.20. The van der Waals surface area contributed by atoms with E-state index in [4.69, 9.17) is 22.1 Å². The van der Waals surface area contributed by atoms with Crippen LogP contribution in [-0.4, -0.2) is 24.6 Å². The van der Waals surface area contributed by atoms with Crippen LogP contribution in [0, 0.1) is 0 Å². The van der Waals surface area contributed by atoms with Gasteiger partial charge in [-0.3, -0.25) is 4.79 Å². The fourth-order valence-electron chi connectivity index (χ4n) is 1.68. The minimum absolute atomic E-state index is 0. The molecule has 6 heteroatoms. The summed E-state index contributed by atoms with van der Waals surface area (Å²) in [6.07, 6.45) is 1.95. The van der Waals surface area contributed by atoms with Crippen molar-refractivity contribution < 1.29 is 9.53 Å². The Bertz CT molecular complexity index is 437. The Morgan fingerprint density at radius 3 is 2.52 bits per heavy atom. The molecule has 21 heavy (non-hydrogen) atoms. The lowest BCUT2D eigenvalue weighted by atomic mass is 9.94. The van der Waals surface area contributed by atoms with Crippen LogP contribution in [0.3, 0.4) is 0 Å². The number of rotatable bonds is 8. The van der Waals surface area contributed by atoms with Gasteiger partial charge in [-0.05, 0) is 25.0 Å². The summed E-state index contributed by atoms with van der Waals surface area (Å²) >= 11 is 5.96. The predicted octanol–water partition coefficient (Wildman–Crippen LogP) is 3.16. The molecule has 0 saturated carbocycles. The molecule has 0 fully saturated rings. The van der Waals surface area contributed by atoms with Gasteiger partial charge in [0.25, 0.3) is 0 Å². The predicted molar refractivity (Wildman–Crippen MR) is 89.3 cm³/mol. The van der Waals surface area contributed by atoms with Crippen LogP contribution in [0.25, 0.3) is 0 Å². The molecular formula is C15H24Cl2N2O2. The zero-order valence-corrected chi connectivity index (χ0v) is 14.1. The lowest BCUT2D eigenvalue weighted by Gasteiger charge is -2.26. The Hall–Kier alpha value is -0.970. The largest absolute Gasteiger partial charge is 0.491 e. The first kappa shape index (κ1) is 20.0.